The standard InChI is InChI=1S/C11H21N3O/c1-13-8-9(12)7-10(13)11(15)14-5-3-2-4-6-14/h9-10H,2-8,12H2,1H3/t9-,10-/m0/s1. The molecule has 15 heavy (non-hydrogen) atoms. The van der Waals surface area contributed by atoms with Crippen LogP contribution in [0.5, 0.6) is 0 Å². The van der Waals surface area contributed by atoms with Crippen LogP contribution in [-0.4, -0.2) is 54.5 Å². The van der Waals surface area contributed by atoms with Crippen LogP contribution in [0.3, 0.4) is 0 Å². The van der Waals surface area contributed by atoms with E-state index in [2.05, 4.69) is 4.90 Å². The summed E-state index contributed by atoms with van der Waals surface area (Å²) in [5.74, 6) is 0.296. The topological polar surface area (TPSA) is 49.6 Å². The second kappa shape index (κ2) is 4.49. The van der Waals surface area contributed by atoms with Crippen molar-refractivity contribution in [1.29, 1.82) is 0 Å². The maximum absolute atomic E-state index is 12.2. The largest absolute Gasteiger partial charge is 0.341 e. The zero-order valence-corrected chi connectivity index (χ0v) is 9.48. The van der Waals surface area contributed by atoms with Gasteiger partial charge in [0.2, 0.25) is 5.91 Å². The second-order valence-corrected chi connectivity index (χ2v) is 4.84. The highest BCUT2D eigenvalue weighted by atomic mass is 16.2. The first-order valence-electron chi connectivity index (χ1n) is 5.93. The van der Waals surface area contributed by atoms with E-state index in [-0.39, 0.29) is 12.1 Å². The molecule has 0 aromatic rings. The molecule has 2 fully saturated rings. The van der Waals surface area contributed by atoms with Crippen LogP contribution in [0.4, 0.5) is 0 Å². The molecule has 2 aliphatic rings. The molecule has 2 saturated heterocycles. The average Bonchev–Trinajstić information content (AvgIpc) is 2.58. The van der Waals surface area contributed by atoms with Gasteiger partial charge in [0.15, 0.2) is 0 Å². The van der Waals surface area contributed by atoms with Crippen LogP contribution in [0.15, 0.2) is 0 Å². The highest BCUT2D eigenvalue weighted by Gasteiger charge is 2.35. The summed E-state index contributed by atoms with van der Waals surface area (Å²) in [6.07, 6.45) is 4.41. The Balaban J connectivity index is 1.94. The lowest BCUT2D eigenvalue weighted by Gasteiger charge is -2.31. The van der Waals surface area contributed by atoms with Crippen molar-refractivity contribution in [3.63, 3.8) is 0 Å². The molecule has 86 valence electrons. The number of piperidine rings is 1. The molecule has 0 aromatic carbocycles. The third-order valence-corrected chi connectivity index (χ3v) is 3.53. The van der Waals surface area contributed by atoms with Crippen molar-refractivity contribution in [3.05, 3.63) is 0 Å². The number of likely N-dealkylation sites (N-methyl/N-ethyl adjacent to an activating group) is 1. The number of nitrogens with zero attached hydrogens (tertiary/aromatic N) is 2. The Kier molecular flexibility index (Phi) is 3.26. The SMILES string of the molecule is CN1C[C@@H](N)C[C@H]1C(=O)N1CCCCC1. The Morgan fingerprint density at radius 3 is 2.47 bits per heavy atom. The molecule has 2 atom stereocenters. The Bertz CT molecular complexity index is 238. The second-order valence-electron chi connectivity index (χ2n) is 4.84. The molecular weight excluding hydrogens is 190 g/mol. The van der Waals surface area contributed by atoms with Crippen LogP contribution >= 0.6 is 0 Å². The van der Waals surface area contributed by atoms with Gasteiger partial charge in [-0.25, -0.2) is 0 Å². The molecule has 0 aliphatic carbocycles. The van der Waals surface area contributed by atoms with Gasteiger partial charge in [-0.3, -0.25) is 9.69 Å². The normalized spacial score (nSPS) is 33.3. The van der Waals surface area contributed by atoms with Crippen LogP contribution in [0.2, 0.25) is 0 Å². The van der Waals surface area contributed by atoms with E-state index in [1.807, 2.05) is 11.9 Å². The maximum atomic E-state index is 12.2. The summed E-state index contributed by atoms with van der Waals surface area (Å²) in [5, 5.41) is 0. The first kappa shape index (κ1) is 10.9. The van der Waals surface area contributed by atoms with Crippen molar-refractivity contribution in [1.82, 2.24) is 9.80 Å². The van der Waals surface area contributed by atoms with Crippen molar-refractivity contribution >= 4 is 5.91 Å². The van der Waals surface area contributed by atoms with E-state index in [1.165, 1.54) is 6.42 Å². The van der Waals surface area contributed by atoms with Crippen molar-refractivity contribution in [2.45, 2.75) is 37.8 Å². The Morgan fingerprint density at radius 1 is 1.27 bits per heavy atom. The molecule has 0 spiro atoms. The molecular formula is C11H21N3O. The fraction of sp³-hybridized carbons (Fsp3) is 0.909. The van der Waals surface area contributed by atoms with Gasteiger partial charge in [0.05, 0.1) is 6.04 Å². The van der Waals surface area contributed by atoms with Crippen LogP contribution in [0.1, 0.15) is 25.7 Å². The molecule has 2 heterocycles. The molecule has 2 rings (SSSR count). The van der Waals surface area contributed by atoms with Crippen LogP contribution in [0, 0.1) is 0 Å². The summed E-state index contributed by atoms with van der Waals surface area (Å²) in [6, 6.07) is 0.215. The van der Waals surface area contributed by atoms with Crippen molar-refractivity contribution in [3.8, 4) is 0 Å². The smallest absolute Gasteiger partial charge is 0.239 e. The quantitative estimate of drug-likeness (QED) is 0.666. The number of nitrogens with two attached hydrogens (primary N) is 1. The van der Waals surface area contributed by atoms with Gasteiger partial charge < -0.3 is 10.6 Å². The Morgan fingerprint density at radius 2 is 1.93 bits per heavy atom. The molecule has 0 bridgehead atoms. The number of carbonyl (C=O) groups excluding carboxylic acids is 1. The number of rotatable bonds is 1. The van der Waals surface area contributed by atoms with E-state index in [1.54, 1.807) is 0 Å². The van der Waals surface area contributed by atoms with Crippen molar-refractivity contribution < 1.29 is 4.79 Å². The summed E-state index contributed by atoms with van der Waals surface area (Å²) in [7, 11) is 2.00. The van der Waals surface area contributed by atoms with E-state index < -0.39 is 0 Å². The molecule has 4 heteroatoms. The zero-order chi connectivity index (χ0) is 10.8. The van der Waals surface area contributed by atoms with Gasteiger partial charge in [-0.1, -0.05) is 0 Å². The lowest BCUT2D eigenvalue weighted by atomic mass is 10.1. The third kappa shape index (κ3) is 2.32. The summed E-state index contributed by atoms with van der Waals surface area (Å²) >= 11 is 0. The van der Waals surface area contributed by atoms with E-state index in [0.29, 0.717) is 5.91 Å². The first-order valence-corrected chi connectivity index (χ1v) is 5.93. The minimum atomic E-state index is 0.0399. The van der Waals surface area contributed by atoms with Gasteiger partial charge in [-0.15, -0.1) is 0 Å². The average molecular weight is 211 g/mol. The monoisotopic (exact) mass is 211 g/mol. The molecule has 0 saturated carbocycles. The lowest BCUT2D eigenvalue weighted by Crippen LogP contribution is -2.46. The molecule has 2 aliphatic heterocycles. The molecule has 0 unspecified atom stereocenters. The minimum Gasteiger partial charge on any atom is -0.341 e. The zero-order valence-electron chi connectivity index (χ0n) is 9.48. The number of amides is 1. The van der Waals surface area contributed by atoms with E-state index in [4.69, 9.17) is 5.73 Å². The molecule has 2 N–H and O–H groups in total. The number of hydrogen-bond donors (Lipinski definition) is 1. The number of likely N-dealkylation sites (tertiary alicyclic amines) is 2. The molecule has 0 radical (unpaired) electrons. The summed E-state index contributed by atoms with van der Waals surface area (Å²) in [5.41, 5.74) is 5.87. The Hall–Kier alpha value is -0.610. The van der Waals surface area contributed by atoms with Gasteiger partial charge in [0.25, 0.3) is 0 Å². The fourth-order valence-corrected chi connectivity index (χ4v) is 2.65. The maximum Gasteiger partial charge on any atom is 0.239 e. The predicted molar refractivity (Wildman–Crippen MR) is 59.4 cm³/mol. The van der Waals surface area contributed by atoms with Crippen LogP contribution in [0.25, 0.3) is 0 Å². The summed E-state index contributed by atoms with van der Waals surface area (Å²) in [6.45, 7) is 2.74. The first-order chi connectivity index (χ1) is 7.18. The molecule has 1 amide bonds. The van der Waals surface area contributed by atoms with Gasteiger partial charge in [-0.05, 0) is 32.7 Å². The number of hydrogen-bond acceptors (Lipinski definition) is 3. The molecule has 4 nitrogen and oxygen atoms in total. The Labute approximate surface area is 91.4 Å². The van der Waals surface area contributed by atoms with E-state index in [9.17, 15) is 4.79 Å². The third-order valence-electron chi connectivity index (χ3n) is 3.53. The van der Waals surface area contributed by atoms with E-state index in [0.717, 1.165) is 38.9 Å². The van der Waals surface area contributed by atoms with Crippen molar-refractivity contribution in [2.75, 3.05) is 26.7 Å². The summed E-state index contributed by atoms with van der Waals surface area (Å²) in [4.78, 5) is 16.3. The highest BCUT2D eigenvalue weighted by molar-refractivity contribution is 5.82. The van der Waals surface area contributed by atoms with Crippen LogP contribution in [-0.2, 0) is 4.79 Å². The predicted octanol–water partition coefficient (Wildman–Crippen LogP) is 0.0303. The van der Waals surface area contributed by atoms with Crippen molar-refractivity contribution in [2.24, 2.45) is 5.73 Å². The molecule has 0 aromatic heterocycles. The van der Waals surface area contributed by atoms with E-state index >= 15 is 0 Å². The highest BCUT2D eigenvalue weighted by Crippen LogP contribution is 2.19. The fourth-order valence-electron chi connectivity index (χ4n) is 2.65. The van der Waals surface area contributed by atoms with Crippen LogP contribution < -0.4 is 5.73 Å². The van der Waals surface area contributed by atoms with Gasteiger partial charge in [0.1, 0.15) is 0 Å². The van der Waals surface area contributed by atoms with Gasteiger partial charge in [0, 0.05) is 25.7 Å². The number of carbonyl (C=O) groups is 1. The minimum absolute atomic E-state index is 0.0399. The van der Waals surface area contributed by atoms with Gasteiger partial charge in [-0.2, -0.15) is 0 Å². The summed E-state index contributed by atoms with van der Waals surface area (Å²) < 4.78 is 0. The van der Waals surface area contributed by atoms with Gasteiger partial charge >= 0.3 is 0 Å². The lowest BCUT2D eigenvalue weighted by molar-refractivity contribution is -0.136.